The summed E-state index contributed by atoms with van der Waals surface area (Å²) in [6.45, 7) is 2.80. The van der Waals surface area contributed by atoms with E-state index in [4.69, 9.17) is 0 Å². The normalized spacial score (nSPS) is 11.5. The summed E-state index contributed by atoms with van der Waals surface area (Å²) in [5.74, 6) is 0.538. The molecule has 3 rings (SSSR count). The molecule has 0 aliphatic rings. The van der Waals surface area contributed by atoms with Crippen LogP contribution in [0.3, 0.4) is 0 Å². The number of hydrogen-bond acceptors (Lipinski definition) is 5. The van der Waals surface area contributed by atoms with Gasteiger partial charge in [0.15, 0.2) is 0 Å². The van der Waals surface area contributed by atoms with Gasteiger partial charge in [0.2, 0.25) is 5.91 Å². The Hall–Kier alpha value is -3.63. The first-order chi connectivity index (χ1) is 14.7. The summed E-state index contributed by atoms with van der Waals surface area (Å²) in [6.07, 6.45) is -4.68. The Labute approximate surface area is 175 Å². The van der Waals surface area contributed by atoms with E-state index in [1.165, 1.54) is 0 Å². The van der Waals surface area contributed by atoms with Crippen LogP contribution < -0.4 is 10.6 Å². The molecule has 1 amide bonds. The zero-order valence-electron chi connectivity index (χ0n) is 16.6. The van der Waals surface area contributed by atoms with E-state index in [1.807, 2.05) is 35.8 Å². The van der Waals surface area contributed by atoms with Gasteiger partial charge >= 0.3 is 6.18 Å². The standard InChI is InChI=1S/C20H20F3N5O3/c1-13-26-16-4-2-3-5-17(16)27(13)11-10-25-19(29)8-9-24-15-7-6-14(20(21,22)23)12-18(15)28(30)31/h2-7,12,24H,8-11H2,1H3,(H,25,29). The number of amides is 1. The number of nitro groups is 1. The lowest BCUT2D eigenvalue weighted by atomic mass is 10.1. The van der Waals surface area contributed by atoms with E-state index in [0.717, 1.165) is 29.0 Å². The number of aryl methyl sites for hydroxylation is 1. The maximum absolute atomic E-state index is 12.8. The molecule has 0 bridgehead atoms. The highest BCUT2D eigenvalue weighted by Crippen LogP contribution is 2.34. The summed E-state index contributed by atoms with van der Waals surface area (Å²) in [5.41, 5.74) is -0.0481. The number of fused-ring (bicyclic) bond motifs is 1. The van der Waals surface area contributed by atoms with Crippen LogP contribution in [0, 0.1) is 17.0 Å². The summed E-state index contributed by atoms with van der Waals surface area (Å²) in [7, 11) is 0. The van der Waals surface area contributed by atoms with Crippen LogP contribution in [0.2, 0.25) is 0 Å². The van der Waals surface area contributed by atoms with Crippen molar-refractivity contribution in [2.45, 2.75) is 26.1 Å². The second-order valence-electron chi connectivity index (χ2n) is 6.81. The number of benzene rings is 2. The third-order valence-electron chi connectivity index (χ3n) is 4.69. The number of rotatable bonds is 8. The number of carbonyl (C=O) groups is 1. The number of halogens is 3. The fraction of sp³-hybridized carbons (Fsp3) is 0.300. The van der Waals surface area contributed by atoms with Crippen molar-refractivity contribution in [3.05, 3.63) is 64.0 Å². The molecule has 0 unspecified atom stereocenters. The van der Waals surface area contributed by atoms with Crippen molar-refractivity contribution in [2.24, 2.45) is 0 Å². The Balaban J connectivity index is 1.51. The Morgan fingerprint density at radius 2 is 1.94 bits per heavy atom. The summed E-state index contributed by atoms with van der Waals surface area (Å²) < 4.78 is 40.2. The van der Waals surface area contributed by atoms with Crippen molar-refractivity contribution in [2.75, 3.05) is 18.4 Å². The summed E-state index contributed by atoms with van der Waals surface area (Å²) in [6, 6.07) is 9.88. The van der Waals surface area contributed by atoms with E-state index in [2.05, 4.69) is 15.6 Å². The number of anilines is 1. The molecule has 3 aromatic rings. The third-order valence-corrected chi connectivity index (χ3v) is 4.69. The maximum atomic E-state index is 12.8. The molecule has 164 valence electrons. The molecule has 0 saturated heterocycles. The number of hydrogen-bond donors (Lipinski definition) is 2. The van der Waals surface area contributed by atoms with Gasteiger partial charge in [-0.3, -0.25) is 14.9 Å². The van der Waals surface area contributed by atoms with Gasteiger partial charge in [-0.2, -0.15) is 13.2 Å². The predicted molar refractivity (Wildman–Crippen MR) is 109 cm³/mol. The van der Waals surface area contributed by atoms with Gasteiger partial charge in [0.25, 0.3) is 5.69 Å². The predicted octanol–water partition coefficient (Wildman–Crippen LogP) is 3.89. The van der Waals surface area contributed by atoms with Crippen molar-refractivity contribution < 1.29 is 22.9 Å². The molecule has 8 nitrogen and oxygen atoms in total. The van der Waals surface area contributed by atoms with Crippen LogP contribution in [0.5, 0.6) is 0 Å². The molecule has 31 heavy (non-hydrogen) atoms. The summed E-state index contributed by atoms with van der Waals surface area (Å²) >= 11 is 0. The van der Waals surface area contributed by atoms with Crippen LogP contribution in [0.4, 0.5) is 24.5 Å². The van der Waals surface area contributed by atoms with Crippen molar-refractivity contribution in [3.8, 4) is 0 Å². The SMILES string of the molecule is Cc1nc2ccccc2n1CCNC(=O)CCNc1ccc(C(F)(F)F)cc1[N+](=O)[O-]. The van der Waals surface area contributed by atoms with Crippen molar-refractivity contribution in [1.29, 1.82) is 0 Å². The largest absolute Gasteiger partial charge is 0.416 e. The highest BCUT2D eigenvalue weighted by atomic mass is 19.4. The zero-order chi connectivity index (χ0) is 22.6. The Kier molecular flexibility index (Phi) is 6.42. The first kappa shape index (κ1) is 22.1. The van der Waals surface area contributed by atoms with Crippen LogP contribution in [-0.2, 0) is 17.5 Å². The average Bonchev–Trinajstić information content (AvgIpc) is 3.02. The zero-order valence-corrected chi connectivity index (χ0v) is 16.6. The van der Waals surface area contributed by atoms with Crippen LogP contribution >= 0.6 is 0 Å². The molecule has 2 aromatic carbocycles. The molecular formula is C20H20F3N5O3. The van der Waals surface area contributed by atoms with Crippen LogP contribution in [0.15, 0.2) is 42.5 Å². The van der Waals surface area contributed by atoms with Gasteiger partial charge in [0.1, 0.15) is 11.5 Å². The monoisotopic (exact) mass is 435 g/mol. The number of alkyl halides is 3. The van der Waals surface area contributed by atoms with Crippen molar-refractivity contribution >= 4 is 28.3 Å². The van der Waals surface area contributed by atoms with E-state index >= 15 is 0 Å². The van der Waals surface area contributed by atoms with Gasteiger partial charge in [-0.1, -0.05) is 12.1 Å². The summed E-state index contributed by atoms with van der Waals surface area (Å²) in [4.78, 5) is 26.7. The van der Waals surface area contributed by atoms with E-state index in [0.29, 0.717) is 19.2 Å². The van der Waals surface area contributed by atoms with Crippen LogP contribution in [0.1, 0.15) is 17.8 Å². The van der Waals surface area contributed by atoms with Gasteiger partial charge in [0, 0.05) is 32.1 Å². The number of nitrogens with zero attached hydrogens (tertiary/aromatic N) is 3. The number of imidazole rings is 1. The molecule has 11 heteroatoms. The quantitative estimate of drug-likeness (QED) is 0.413. The lowest BCUT2D eigenvalue weighted by molar-refractivity contribution is -0.384. The van der Waals surface area contributed by atoms with E-state index in [1.54, 1.807) is 0 Å². The third kappa shape index (κ3) is 5.30. The second kappa shape index (κ2) is 9.02. The van der Waals surface area contributed by atoms with Crippen LogP contribution in [0.25, 0.3) is 11.0 Å². The average molecular weight is 435 g/mol. The molecular weight excluding hydrogens is 415 g/mol. The van der Waals surface area contributed by atoms with Gasteiger partial charge in [0.05, 0.1) is 21.5 Å². The topological polar surface area (TPSA) is 102 Å². The molecule has 0 radical (unpaired) electrons. The smallest absolute Gasteiger partial charge is 0.379 e. The number of para-hydroxylation sites is 2. The van der Waals surface area contributed by atoms with Crippen molar-refractivity contribution in [1.82, 2.24) is 14.9 Å². The number of nitro benzene ring substituents is 1. The minimum absolute atomic E-state index is 0.00182. The first-order valence-electron chi connectivity index (χ1n) is 9.45. The van der Waals surface area contributed by atoms with Crippen LogP contribution in [-0.4, -0.2) is 33.5 Å². The van der Waals surface area contributed by atoms with Gasteiger partial charge in [-0.15, -0.1) is 0 Å². The molecule has 1 aromatic heterocycles. The molecule has 0 fully saturated rings. The Bertz CT molecular complexity index is 1110. The minimum Gasteiger partial charge on any atom is -0.379 e. The first-order valence-corrected chi connectivity index (χ1v) is 9.45. The molecule has 0 aliphatic heterocycles. The van der Waals surface area contributed by atoms with E-state index in [-0.39, 0.29) is 24.6 Å². The lowest BCUT2D eigenvalue weighted by Gasteiger charge is -2.11. The van der Waals surface area contributed by atoms with Crippen molar-refractivity contribution in [3.63, 3.8) is 0 Å². The fourth-order valence-corrected chi connectivity index (χ4v) is 3.19. The highest BCUT2D eigenvalue weighted by Gasteiger charge is 2.33. The Morgan fingerprint density at radius 3 is 2.65 bits per heavy atom. The van der Waals surface area contributed by atoms with E-state index in [9.17, 15) is 28.1 Å². The molecule has 2 N–H and O–H groups in total. The lowest BCUT2D eigenvalue weighted by Crippen LogP contribution is -2.28. The number of carbonyl (C=O) groups excluding carboxylic acids is 1. The maximum Gasteiger partial charge on any atom is 0.416 e. The molecule has 0 saturated carbocycles. The van der Waals surface area contributed by atoms with Gasteiger partial charge < -0.3 is 15.2 Å². The summed E-state index contributed by atoms with van der Waals surface area (Å²) in [5, 5.41) is 16.5. The molecule has 0 spiro atoms. The minimum atomic E-state index is -4.68. The molecule has 0 atom stereocenters. The van der Waals surface area contributed by atoms with Gasteiger partial charge in [-0.05, 0) is 31.2 Å². The highest BCUT2D eigenvalue weighted by molar-refractivity contribution is 5.77. The fourth-order valence-electron chi connectivity index (χ4n) is 3.19. The number of nitrogens with one attached hydrogen (secondary N) is 2. The van der Waals surface area contributed by atoms with Gasteiger partial charge in [-0.25, -0.2) is 4.98 Å². The number of aromatic nitrogens is 2. The Morgan fingerprint density at radius 1 is 1.19 bits per heavy atom. The molecule has 1 heterocycles. The van der Waals surface area contributed by atoms with E-state index < -0.39 is 22.4 Å². The molecule has 0 aliphatic carbocycles. The second-order valence-corrected chi connectivity index (χ2v) is 6.81.